The van der Waals surface area contributed by atoms with Gasteiger partial charge in [-0.05, 0) is 40.9 Å². The van der Waals surface area contributed by atoms with Gasteiger partial charge in [-0.1, -0.05) is 0 Å². The van der Waals surface area contributed by atoms with E-state index < -0.39 is 0 Å². The molecule has 1 saturated heterocycles. The molecule has 0 saturated carbocycles. The van der Waals surface area contributed by atoms with Crippen molar-refractivity contribution in [3.05, 3.63) is 22.9 Å². The van der Waals surface area contributed by atoms with Crippen LogP contribution < -0.4 is 10.6 Å². The first-order valence-electron chi connectivity index (χ1n) is 6.04. The first kappa shape index (κ1) is 11.8. The van der Waals surface area contributed by atoms with E-state index in [2.05, 4.69) is 31.0 Å². The zero-order chi connectivity index (χ0) is 12.5. The van der Waals surface area contributed by atoms with Gasteiger partial charge in [0.2, 0.25) is 0 Å². The lowest BCUT2D eigenvalue weighted by atomic mass is 10.1. The zero-order valence-electron chi connectivity index (χ0n) is 9.90. The Morgan fingerprint density at radius 1 is 1.50 bits per heavy atom. The van der Waals surface area contributed by atoms with Crippen LogP contribution in [0.1, 0.15) is 12.8 Å². The Morgan fingerprint density at radius 3 is 3.11 bits per heavy atom. The van der Waals surface area contributed by atoms with E-state index in [0.29, 0.717) is 4.67 Å². The molecule has 1 aliphatic rings. The largest absolute Gasteiger partial charge is 0.448 e. The summed E-state index contributed by atoms with van der Waals surface area (Å²) in [6.45, 7) is 1.88. The van der Waals surface area contributed by atoms with E-state index in [0.717, 1.165) is 43.2 Å². The van der Waals surface area contributed by atoms with Crippen LogP contribution in [-0.2, 0) is 0 Å². The van der Waals surface area contributed by atoms with Crippen molar-refractivity contribution in [3.8, 4) is 11.5 Å². The number of H-pyrrole nitrogens is 1. The highest BCUT2D eigenvalue weighted by Gasteiger charge is 2.19. The van der Waals surface area contributed by atoms with Crippen molar-refractivity contribution in [3.63, 3.8) is 0 Å². The Labute approximate surface area is 113 Å². The van der Waals surface area contributed by atoms with Gasteiger partial charge in [0.25, 0.3) is 0 Å². The van der Waals surface area contributed by atoms with Gasteiger partial charge in [0.1, 0.15) is 5.69 Å². The first-order valence-corrected chi connectivity index (χ1v) is 6.83. The number of nitrogens with one attached hydrogen (secondary N) is 1. The molecular weight excluding hydrogens is 296 g/mol. The second kappa shape index (κ2) is 4.78. The van der Waals surface area contributed by atoms with Crippen molar-refractivity contribution < 1.29 is 4.42 Å². The molecule has 3 heterocycles. The Balaban J connectivity index is 1.80. The average molecular weight is 311 g/mol. The molecule has 3 rings (SSSR count). The van der Waals surface area contributed by atoms with E-state index in [4.69, 9.17) is 10.2 Å². The van der Waals surface area contributed by atoms with Crippen LogP contribution in [0.15, 0.2) is 27.3 Å². The fourth-order valence-corrected chi connectivity index (χ4v) is 2.58. The van der Waals surface area contributed by atoms with Gasteiger partial charge in [-0.25, -0.2) is 0 Å². The minimum Gasteiger partial charge on any atom is -0.448 e. The molecule has 0 aliphatic carbocycles. The molecule has 6 heteroatoms. The summed E-state index contributed by atoms with van der Waals surface area (Å²) in [6.07, 6.45) is 2.22. The van der Waals surface area contributed by atoms with Crippen LogP contribution in [0.4, 0.5) is 5.82 Å². The number of hydrogen-bond donors (Lipinski definition) is 2. The van der Waals surface area contributed by atoms with Crippen LogP contribution in [0.25, 0.3) is 11.5 Å². The van der Waals surface area contributed by atoms with Crippen molar-refractivity contribution in [1.29, 1.82) is 0 Å². The highest BCUT2D eigenvalue weighted by Crippen LogP contribution is 2.27. The number of nitrogens with two attached hydrogens (primary N) is 1. The van der Waals surface area contributed by atoms with Gasteiger partial charge >= 0.3 is 0 Å². The highest BCUT2D eigenvalue weighted by atomic mass is 79.9. The van der Waals surface area contributed by atoms with E-state index in [1.54, 1.807) is 0 Å². The summed E-state index contributed by atoms with van der Waals surface area (Å²) in [7, 11) is 0. The third-order valence-corrected chi connectivity index (χ3v) is 3.61. The smallest absolute Gasteiger partial charge is 0.169 e. The Morgan fingerprint density at radius 2 is 2.39 bits per heavy atom. The average Bonchev–Trinajstić information content (AvgIpc) is 2.97. The van der Waals surface area contributed by atoms with Crippen LogP contribution in [0.2, 0.25) is 0 Å². The molecule has 5 nitrogen and oxygen atoms in total. The first-order chi connectivity index (χ1) is 8.72. The predicted molar refractivity (Wildman–Crippen MR) is 73.4 cm³/mol. The van der Waals surface area contributed by atoms with E-state index in [-0.39, 0.29) is 6.04 Å². The van der Waals surface area contributed by atoms with Crippen LogP contribution in [0.5, 0.6) is 0 Å². The van der Waals surface area contributed by atoms with E-state index in [9.17, 15) is 0 Å². The van der Waals surface area contributed by atoms with E-state index in [1.807, 2.05) is 18.2 Å². The van der Waals surface area contributed by atoms with Gasteiger partial charge in [-0.2, -0.15) is 5.10 Å². The van der Waals surface area contributed by atoms with Crippen molar-refractivity contribution in [1.82, 2.24) is 10.2 Å². The van der Waals surface area contributed by atoms with Crippen molar-refractivity contribution in [2.24, 2.45) is 5.73 Å². The van der Waals surface area contributed by atoms with Crippen LogP contribution >= 0.6 is 15.9 Å². The molecule has 1 fully saturated rings. The van der Waals surface area contributed by atoms with E-state index >= 15 is 0 Å². The minimum absolute atomic E-state index is 0.247. The molecule has 0 aromatic carbocycles. The van der Waals surface area contributed by atoms with Gasteiger partial charge in [-0.15, -0.1) is 0 Å². The molecule has 1 aliphatic heterocycles. The lowest BCUT2D eigenvalue weighted by Crippen LogP contribution is -2.43. The molecule has 3 N–H and O–H groups in total. The third-order valence-electron chi connectivity index (χ3n) is 3.18. The summed E-state index contributed by atoms with van der Waals surface area (Å²) in [5.74, 6) is 1.72. The number of halogens is 1. The maximum Gasteiger partial charge on any atom is 0.169 e. The summed E-state index contributed by atoms with van der Waals surface area (Å²) < 4.78 is 6.21. The molecule has 1 atom stereocenters. The number of rotatable bonds is 2. The highest BCUT2D eigenvalue weighted by molar-refractivity contribution is 9.10. The second-order valence-corrected chi connectivity index (χ2v) is 5.37. The van der Waals surface area contributed by atoms with Gasteiger partial charge in [0.15, 0.2) is 16.2 Å². The predicted octanol–water partition coefficient (Wildman–Crippen LogP) is 2.36. The molecule has 0 bridgehead atoms. The quantitative estimate of drug-likeness (QED) is 0.893. The number of anilines is 1. The van der Waals surface area contributed by atoms with Gasteiger partial charge < -0.3 is 15.1 Å². The van der Waals surface area contributed by atoms with Crippen LogP contribution in [0.3, 0.4) is 0 Å². The Hall–Kier alpha value is -1.27. The van der Waals surface area contributed by atoms with Crippen LogP contribution in [-0.4, -0.2) is 29.3 Å². The number of nitrogens with zero attached hydrogens (tertiary/aromatic N) is 2. The summed E-state index contributed by atoms with van der Waals surface area (Å²) in [5.41, 5.74) is 6.86. The summed E-state index contributed by atoms with van der Waals surface area (Å²) in [4.78, 5) is 2.21. The molecule has 0 amide bonds. The van der Waals surface area contributed by atoms with Crippen molar-refractivity contribution in [2.45, 2.75) is 18.9 Å². The second-order valence-electron chi connectivity index (χ2n) is 4.59. The van der Waals surface area contributed by atoms with Gasteiger partial charge in [-0.3, -0.25) is 5.10 Å². The number of aromatic nitrogens is 2. The lowest BCUT2D eigenvalue weighted by Gasteiger charge is -2.30. The number of furan rings is 1. The third kappa shape index (κ3) is 2.30. The van der Waals surface area contributed by atoms with Crippen molar-refractivity contribution >= 4 is 21.7 Å². The molecular formula is C12H15BrN4O. The van der Waals surface area contributed by atoms with Crippen LogP contribution in [0, 0.1) is 0 Å². The van der Waals surface area contributed by atoms with Crippen molar-refractivity contribution in [2.75, 3.05) is 18.0 Å². The standard InChI is InChI=1S/C12H15BrN4O/c13-11-4-3-10(18-11)9-6-12(16-15-9)17-5-1-2-8(14)7-17/h3-4,6,8H,1-2,5,7,14H2,(H,15,16). The molecule has 2 aromatic heterocycles. The zero-order valence-corrected chi connectivity index (χ0v) is 11.5. The molecule has 1 unspecified atom stereocenters. The lowest BCUT2D eigenvalue weighted by molar-refractivity contribution is 0.503. The molecule has 0 radical (unpaired) electrons. The Kier molecular flexibility index (Phi) is 3.13. The van der Waals surface area contributed by atoms with Gasteiger partial charge in [0.05, 0.1) is 0 Å². The molecule has 96 valence electrons. The number of hydrogen-bond acceptors (Lipinski definition) is 4. The minimum atomic E-state index is 0.247. The maximum atomic E-state index is 5.98. The fraction of sp³-hybridized carbons (Fsp3) is 0.417. The van der Waals surface area contributed by atoms with E-state index in [1.165, 1.54) is 0 Å². The topological polar surface area (TPSA) is 71.1 Å². The van der Waals surface area contributed by atoms with Gasteiger partial charge in [0, 0.05) is 25.2 Å². The number of aromatic amines is 1. The summed E-state index contributed by atoms with van der Waals surface area (Å²) in [5, 5.41) is 7.33. The Bertz CT molecular complexity index is 536. The molecule has 0 spiro atoms. The SMILES string of the molecule is NC1CCCN(c2cc(-c3ccc(Br)o3)[nH]n2)C1. The number of piperidine rings is 1. The maximum absolute atomic E-state index is 5.98. The summed E-state index contributed by atoms with van der Waals surface area (Å²) >= 11 is 3.29. The normalized spacial score (nSPS) is 20.3. The molecule has 18 heavy (non-hydrogen) atoms. The summed E-state index contributed by atoms with van der Waals surface area (Å²) in [6, 6.07) is 6.02. The molecule has 2 aromatic rings. The monoisotopic (exact) mass is 310 g/mol. The fourth-order valence-electron chi connectivity index (χ4n) is 2.28.